The molecule has 0 spiro atoms. The van der Waals surface area contributed by atoms with Gasteiger partial charge in [-0.2, -0.15) is 0 Å². The van der Waals surface area contributed by atoms with E-state index in [1.807, 2.05) is 0 Å². The van der Waals surface area contributed by atoms with Gasteiger partial charge in [0.05, 0.1) is 11.7 Å². The highest BCUT2D eigenvalue weighted by atomic mass is 16.5. The third-order valence-corrected chi connectivity index (χ3v) is 4.37. The zero-order chi connectivity index (χ0) is 13.7. The summed E-state index contributed by atoms with van der Waals surface area (Å²) in [6.45, 7) is 9.23. The van der Waals surface area contributed by atoms with Crippen LogP contribution in [0.5, 0.6) is 0 Å². The molecule has 0 radical (unpaired) electrons. The number of piperidine rings is 1. The third kappa shape index (κ3) is 4.71. The smallest absolute Gasteiger partial charge is 0.0641 e. The van der Waals surface area contributed by atoms with Crippen LogP contribution in [-0.2, 0) is 9.47 Å². The first-order chi connectivity index (χ1) is 9.11. The summed E-state index contributed by atoms with van der Waals surface area (Å²) < 4.78 is 11.7. The summed E-state index contributed by atoms with van der Waals surface area (Å²) in [5.74, 6) is 0. The van der Waals surface area contributed by atoms with E-state index >= 15 is 0 Å². The zero-order valence-electron chi connectivity index (χ0n) is 12.6. The van der Waals surface area contributed by atoms with Gasteiger partial charge in [0.15, 0.2) is 0 Å². The Kier molecular flexibility index (Phi) is 5.63. The highest BCUT2D eigenvalue weighted by Gasteiger charge is 2.33. The van der Waals surface area contributed by atoms with Crippen LogP contribution in [0.2, 0.25) is 0 Å². The van der Waals surface area contributed by atoms with Crippen LogP contribution in [-0.4, -0.2) is 55.5 Å². The second-order valence-electron chi connectivity index (χ2n) is 6.50. The minimum Gasteiger partial charge on any atom is -0.378 e. The maximum Gasteiger partial charge on any atom is 0.0641 e. The van der Waals surface area contributed by atoms with E-state index in [0.717, 1.165) is 32.6 Å². The third-order valence-electron chi connectivity index (χ3n) is 4.37. The maximum absolute atomic E-state index is 5.87. The summed E-state index contributed by atoms with van der Waals surface area (Å²) in [6, 6.07) is 0.703. The molecule has 1 atom stereocenters. The fraction of sp³-hybridized carbons (Fsp3) is 1.00. The van der Waals surface area contributed by atoms with Crippen molar-refractivity contribution < 1.29 is 9.47 Å². The predicted molar refractivity (Wildman–Crippen MR) is 77.3 cm³/mol. The number of ether oxygens (including phenoxy) is 2. The number of nitrogens with zero attached hydrogens (tertiary/aromatic N) is 1. The number of rotatable bonds is 5. The predicted octanol–water partition coefficient (Wildman–Crippen LogP) is 1.77. The average molecular weight is 270 g/mol. The van der Waals surface area contributed by atoms with Gasteiger partial charge in [0.25, 0.3) is 0 Å². The minimum atomic E-state index is 0.0530. The van der Waals surface area contributed by atoms with E-state index in [1.165, 1.54) is 32.4 Å². The van der Waals surface area contributed by atoms with E-state index in [2.05, 4.69) is 18.7 Å². The monoisotopic (exact) mass is 270 g/mol. The molecule has 0 saturated carbocycles. The molecule has 2 N–H and O–H groups in total. The lowest BCUT2D eigenvalue weighted by Gasteiger charge is -2.43. The van der Waals surface area contributed by atoms with Crippen molar-refractivity contribution in [1.82, 2.24) is 4.90 Å². The maximum atomic E-state index is 5.87. The number of likely N-dealkylation sites (tertiary alicyclic amines) is 1. The molecule has 0 bridgehead atoms. The van der Waals surface area contributed by atoms with Crippen LogP contribution in [0.3, 0.4) is 0 Å². The molecule has 1 unspecified atom stereocenters. The standard InChI is InChI=1S/C15H30N2O2/c1-15(2)12-13(6-11-19-15)17-8-4-14(5-9-17)18-10-3-7-16/h13-14H,3-12,16H2,1-2H3. The highest BCUT2D eigenvalue weighted by Crippen LogP contribution is 2.29. The van der Waals surface area contributed by atoms with Crippen molar-refractivity contribution in [2.24, 2.45) is 5.73 Å². The molecule has 0 aromatic heterocycles. The van der Waals surface area contributed by atoms with Gasteiger partial charge in [0.2, 0.25) is 0 Å². The van der Waals surface area contributed by atoms with Gasteiger partial charge in [-0.15, -0.1) is 0 Å². The van der Waals surface area contributed by atoms with Gasteiger partial charge in [-0.1, -0.05) is 0 Å². The number of hydrogen-bond donors (Lipinski definition) is 1. The minimum absolute atomic E-state index is 0.0530. The van der Waals surface area contributed by atoms with Crippen molar-refractivity contribution in [2.45, 2.75) is 63.7 Å². The molecule has 0 aliphatic carbocycles. The Morgan fingerprint density at radius 1 is 1.26 bits per heavy atom. The molecule has 0 aromatic carbocycles. The van der Waals surface area contributed by atoms with E-state index in [4.69, 9.17) is 15.2 Å². The van der Waals surface area contributed by atoms with E-state index in [9.17, 15) is 0 Å². The van der Waals surface area contributed by atoms with Crippen LogP contribution in [0.1, 0.15) is 46.0 Å². The Morgan fingerprint density at radius 3 is 2.63 bits per heavy atom. The fourth-order valence-corrected chi connectivity index (χ4v) is 3.25. The SMILES string of the molecule is CC1(C)CC(N2CCC(OCCCN)CC2)CCO1. The largest absolute Gasteiger partial charge is 0.378 e. The summed E-state index contributed by atoms with van der Waals surface area (Å²) in [6.07, 6.45) is 6.11. The summed E-state index contributed by atoms with van der Waals surface area (Å²) in [7, 11) is 0. The highest BCUT2D eigenvalue weighted by molar-refractivity contribution is 4.87. The van der Waals surface area contributed by atoms with E-state index in [0.29, 0.717) is 12.1 Å². The van der Waals surface area contributed by atoms with E-state index < -0.39 is 0 Å². The molecular formula is C15H30N2O2. The van der Waals surface area contributed by atoms with Crippen molar-refractivity contribution in [3.63, 3.8) is 0 Å². The lowest BCUT2D eigenvalue weighted by molar-refractivity contribution is -0.0921. The molecular weight excluding hydrogens is 240 g/mol. The molecule has 0 amide bonds. The Bertz CT molecular complexity index is 263. The first-order valence-electron chi connectivity index (χ1n) is 7.80. The molecule has 2 heterocycles. The molecule has 0 aromatic rings. The van der Waals surface area contributed by atoms with Gasteiger partial charge in [0.1, 0.15) is 0 Å². The molecule has 2 aliphatic rings. The second-order valence-corrected chi connectivity index (χ2v) is 6.50. The van der Waals surface area contributed by atoms with E-state index in [-0.39, 0.29) is 5.60 Å². The van der Waals surface area contributed by atoms with Gasteiger partial charge < -0.3 is 15.2 Å². The second kappa shape index (κ2) is 7.02. The molecule has 2 rings (SSSR count). The van der Waals surface area contributed by atoms with Crippen LogP contribution in [0.25, 0.3) is 0 Å². The molecule has 2 aliphatic heterocycles. The number of nitrogens with two attached hydrogens (primary N) is 1. The van der Waals surface area contributed by atoms with Crippen molar-refractivity contribution in [2.75, 3.05) is 32.8 Å². The topological polar surface area (TPSA) is 47.7 Å². The van der Waals surface area contributed by atoms with Crippen molar-refractivity contribution >= 4 is 0 Å². The van der Waals surface area contributed by atoms with Gasteiger partial charge >= 0.3 is 0 Å². The van der Waals surface area contributed by atoms with Crippen LogP contribution in [0.4, 0.5) is 0 Å². The van der Waals surface area contributed by atoms with Crippen LogP contribution >= 0.6 is 0 Å². The Morgan fingerprint density at radius 2 is 2.00 bits per heavy atom. The summed E-state index contributed by atoms with van der Waals surface area (Å²) in [4.78, 5) is 2.65. The molecule has 4 nitrogen and oxygen atoms in total. The quantitative estimate of drug-likeness (QED) is 0.774. The fourth-order valence-electron chi connectivity index (χ4n) is 3.25. The van der Waals surface area contributed by atoms with Crippen molar-refractivity contribution in [1.29, 1.82) is 0 Å². The summed E-state index contributed by atoms with van der Waals surface area (Å²) in [5.41, 5.74) is 5.54. The van der Waals surface area contributed by atoms with Crippen molar-refractivity contribution in [3.8, 4) is 0 Å². The number of hydrogen-bond acceptors (Lipinski definition) is 4. The van der Waals surface area contributed by atoms with Gasteiger partial charge in [-0.25, -0.2) is 0 Å². The lowest BCUT2D eigenvalue weighted by atomic mass is 9.91. The Hall–Kier alpha value is -0.160. The first-order valence-corrected chi connectivity index (χ1v) is 7.80. The van der Waals surface area contributed by atoms with Crippen LogP contribution in [0, 0.1) is 0 Å². The van der Waals surface area contributed by atoms with Gasteiger partial charge in [-0.3, -0.25) is 4.90 Å². The van der Waals surface area contributed by atoms with Crippen LogP contribution in [0.15, 0.2) is 0 Å². The van der Waals surface area contributed by atoms with Crippen LogP contribution < -0.4 is 5.73 Å². The zero-order valence-corrected chi connectivity index (χ0v) is 12.6. The molecule has 2 saturated heterocycles. The average Bonchev–Trinajstić information content (AvgIpc) is 2.39. The van der Waals surface area contributed by atoms with E-state index in [1.54, 1.807) is 0 Å². The first kappa shape index (κ1) is 15.2. The Labute approximate surface area is 117 Å². The summed E-state index contributed by atoms with van der Waals surface area (Å²) >= 11 is 0. The van der Waals surface area contributed by atoms with Crippen molar-refractivity contribution in [3.05, 3.63) is 0 Å². The lowest BCUT2D eigenvalue weighted by Crippen LogP contribution is -2.49. The summed E-state index contributed by atoms with van der Waals surface area (Å²) in [5, 5.41) is 0. The normalized spacial score (nSPS) is 29.5. The van der Waals surface area contributed by atoms with Gasteiger partial charge in [-0.05, 0) is 52.5 Å². The molecule has 19 heavy (non-hydrogen) atoms. The molecule has 112 valence electrons. The molecule has 2 fully saturated rings. The molecule has 4 heteroatoms. The van der Waals surface area contributed by atoms with Gasteiger partial charge in [0, 0.05) is 32.3 Å². The Balaban J connectivity index is 1.70.